The number of amides is 1. The summed E-state index contributed by atoms with van der Waals surface area (Å²) in [7, 11) is 0. The van der Waals surface area contributed by atoms with Crippen LogP contribution in [0.1, 0.15) is 29.3 Å². The second-order valence-electron chi connectivity index (χ2n) is 5.81. The number of nitrogens with one attached hydrogen (secondary N) is 2. The molecule has 1 aromatic heterocycles. The number of rotatable bonds is 5. The van der Waals surface area contributed by atoms with Crippen molar-refractivity contribution in [3.8, 4) is 5.75 Å². The summed E-state index contributed by atoms with van der Waals surface area (Å²) < 4.78 is 4.92. The van der Waals surface area contributed by atoms with Crippen molar-refractivity contribution in [2.24, 2.45) is 0 Å². The lowest BCUT2D eigenvalue weighted by Crippen LogP contribution is -2.32. The number of aromatic nitrogens is 1. The van der Waals surface area contributed by atoms with Crippen molar-refractivity contribution in [1.82, 2.24) is 10.3 Å². The number of H-pyrrole nitrogens is 1. The normalized spacial score (nSPS) is 12.2. The van der Waals surface area contributed by atoms with E-state index in [9.17, 15) is 14.7 Å². The minimum atomic E-state index is -0.537. The lowest BCUT2D eigenvalue weighted by Gasteiger charge is -2.14. The minimum Gasteiger partial charge on any atom is -0.508 e. The van der Waals surface area contributed by atoms with Gasteiger partial charge in [-0.3, -0.25) is 9.78 Å². The molecule has 3 N–H and O–H groups in total. The average molecular weight is 326 g/mol. The molecule has 0 aliphatic carbocycles. The number of hydrogen-bond donors (Lipinski definition) is 3. The predicted molar refractivity (Wildman–Crippen MR) is 90.2 cm³/mol. The Bertz CT molecular complexity index is 909. The van der Waals surface area contributed by atoms with E-state index in [1.807, 2.05) is 19.1 Å². The number of aryl methyl sites for hydroxylation is 1. The van der Waals surface area contributed by atoms with Crippen molar-refractivity contribution in [2.45, 2.75) is 25.8 Å². The third-order valence-corrected chi connectivity index (χ3v) is 3.86. The van der Waals surface area contributed by atoms with Gasteiger partial charge in [0.2, 0.25) is 0 Å². The summed E-state index contributed by atoms with van der Waals surface area (Å²) in [6.07, 6.45) is 1.58. The van der Waals surface area contributed by atoms with Crippen LogP contribution >= 0.6 is 0 Å². The third-order valence-electron chi connectivity index (χ3n) is 3.86. The highest BCUT2D eigenvalue weighted by molar-refractivity contribution is 5.97. The first-order chi connectivity index (χ1) is 11.5. The topological polar surface area (TPSA) is 95.3 Å². The number of hydrogen-bond acceptors (Lipinski definition) is 4. The first-order valence-corrected chi connectivity index (χ1v) is 7.73. The Morgan fingerprint density at radius 3 is 2.75 bits per heavy atom. The number of fused-ring (bicyclic) bond motifs is 1. The zero-order valence-electron chi connectivity index (χ0n) is 13.2. The van der Waals surface area contributed by atoms with E-state index in [0.717, 1.165) is 18.4 Å². The molecule has 1 heterocycles. The summed E-state index contributed by atoms with van der Waals surface area (Å²) in [5.41, 5.74) is 2.50. The molecule has 6 nitrogen and oxygen atoms in total. The highest BCUT2D eigenvalue weighted by Crippen LogP contribution is 2.14. The fourth-order valence-electron chi connectivity index (χ4n) is 2.52. The molecule has 0 bridgehead atoms. The Hall–Kier alpha value is -3.02. The zero-order valence-corrected chi connectivity index (χ0v) is 13.2. The molecule has 124 valence electrons. The Balaban J connectivity index is 1.60. The van der Waals surface area contributed by atoms with Gasteiger partial charge in [0.05, 0.1) is 5.52 Å². The minimum absolute atomic E-state index is 0.00889. The van der Waals surface area contributed by atoms with E-state index in [-0.39, 0.29) is 17.7 Å². The van der Waals surface area contributed by atoms with Gasteiger partial charge in [0.1, 0.15) is 5.75 Å². The summed E-state index contributed by atoms with van der Waals surface area (Å²) in [5.74, 6) is -0.491. The number of aromatic amines is 1. The van der Waals surface area contributed by atoms with Gasteiger partial charge < -0.3 is 14.8 Å². The summed E-state index contributed by atoms with van der Waals surface area (Å²) in [6, 6.07) is 11.9. The van der Waals surface area contributed by atoms with E-state index < -0.39 is 5.76 Å². The second-order valence-corrected chi connectivity index (χ2v) is 5.81. The van der Waals surface area contributed by atoms with Crippen LogP contribution in [0, 0.1) is 0 Å². The van der Waals surface area contributed by atoms with E-state index in [4.69, 9.17) is 4.42 Å². The molecule has 0 fully saturated rings. The number of aromatic hydroxyl groups is 1. The standard InChI is InChI=1S/C18H18N2O4/c1-11(2-3-12-4-7-14(21)8-5-12)19-17(22)13-6-9-16-15(10-13)20-18(23)24-16/h4-11,21H,2-3H2,1H3,(H,19,22)(H,20,23). The van der Waals surface area contributed by atoms with Gasteiger partial charge >= 0.3 is 5.76 Å². The maximum Gasteiger partial charge on any atom is 0.417 e. The summed E-state index contributed by atoms with van der Waals surface area (Å²) in [5, 5.41) is 12.2. The molecule has 2 aromatic carbocycles. The molecular weight excluding hydrogens is 308 g/mol. The molecule has 3 rings (SSSR count). The first kappa shape index (κ1) is 15.9. The zero-order chi connectivity index (χ0) is 17.1. The van der Waals surface area contributed by atoms with Crippen LogP contribution in [0.15, 0.2) is 51.7 Å². The Morgan fingerprint density at radius 2 is 2.00 bits per heavy atom. The van der Waals surface area contributed by atoms with Crippen molar-refractivity contribution in [2.75, 3.05) is 0 Å². The van der Waals surface area contributed by atoms with Gasteiger partial charge in [-0.25, -0.2) is 4.79 Å². The van der Waals surface area contributed by atoms with Gasteiger partial charge in [0.15, 0.2) is 5.58 Å². The molecule has 0 spiro atoms. The molecule has 24 heavy (non-hydrogen) atoms. The second kappa shape index (κ2) is 6.62. The van der Waals surface area contributed by atoms with Crippen LogP contribution in [0.25, 0.3) is 11.1 Å². The first-order valence-electron chi connectivity index (χ1n) is 7.73. The van der Waals surface area contributed by atoms with E-state index in [2.05, 4.69) is 10.3 Å². The Morgan fingerprint density at radius 1 is 1.25 bits per heavy atom. The molecule has 6 heteroatoms. The van der Waals surface area contributed by atoms with Crippen molar-refractivity contribution < 1.29 is 14.3 Å². The number of benzene rings is 2. The number of phenolic OH excluding ortho intramolecular Hbond substituents is 1. The van der Waals surface area contributed by atoms with Gasteiger partial charge in [-0.05, 0) is 55.7 Å². The quantitative estimate of drug-likeness (QED) is 0.671. The van der Waals surface area contributed by atoms with Crippen molar-refractivity contribution in [3.05, 3.63) is 64.1 Å². The molecular formula is C18H18N2O4. The number of carbonyl (C=O) groups is 1. The van der Waals surface area contributed by atoms with E-state index >= 15 is 0 Å². The molecule has 3 aromatic rings. The van der Waals surface area contributed by atoms with Crippen LogP contribution in [0.2, 0.25) is 0 Å². The van der Waals surface area contributed by atoms with Crippen molar-refractivity contribution in [1.29, 1.82) is 0 Å². The number of oxazole rings is 1. The van der Waals surface area contributed by atoms with E-state index in [1.165, 1.54) is 0 Å². The summed E-state index contributed by atoms with van der Waals surface area (Å²) in [6.45, 7) is 1.94. The smallest absolute Gasteiger partial charge is 0.417 e. The van der Waals surface area contributed by atoms with Gasteiger partial charge in [0.25, 0.3) is 5.91 Å². The predicted octanol–water partition coefficient (Wildman–Crippen LogP) is 2.58. The van der Waals surface area contributed by atoms with E-state index in [0.29, 0.717) is 16.7 Å². The highest BCUT2D eigenvalue weighted by Gasteiger charge is 2.12. The Kier molecular flexibility index (Phi) is 4.37. The van der Waals surface area contributed by atoms with Gasteiger partial charge in [-0.2, -0.15) is 0 Å². The number of carbonyl (C=O) groups excluding carboxylic acids is 1. The molecule has 1 amide bonds. The lowest BCUT2D eigenvalue weighted by molar-refractivity contribution is 0.0938. The summed E-state index contributed by atoms with van der Waals surface area (Å²) in [4.78, 5) is 26.0. The van der Waals surface area contributed by atoms with Crippen LogP contribution in [-0.4, -0.2) is 22.0 Å². The third kappa shape index (κ3) is 3.65. The highest BCUT2D eigenvalue weighted by atomic mass is 16.4. The fourth-order valence-corrected chi connectivity index (χ4v) is 2.52. The SMILES string of the molecule is CC(CCc1ccc(O)cc1)NC(=O)c1ccc2oc(=O)[nH]c2c1. The lowest BCUT2D eigenvalue weighted by atomic mass is 10.1. The molecule has 0 radical (unpaired) electrons. The number of phenols is 1. The van der Waals surface area contributed by atoms with Gasteiger partial charge in [-0.1, -0.05) is 12.1 Å². The molecule has 0 saturated carbocycles. The van der Waals surface area contributed by atoms with Crippen LogP contribution in [0.4, 0.5) is 0 Å². The van der Waals surface area contributed by atoms with E-state index in [1.54, 1.807) is 30.3 Å². The van der Waals surface area contributed by atoms with Gasteiger partial charge in [-0.15, -0.1) is 0 Å². The fraction of sp³-hybridized carbons (Fsp3) is 0.222. The Labute approximate surface area is 138 Å². The maximum absolute atomic E-state index is 12.3. The summed E-state index contributed by atoms with van der Waals surface area (Å²) >= 11 is 0. The van der Waals surface area contributed by atoms with Gasteiger partial charge in [0, 0.05) is 11.6 Å². The monoisotopic (exact) mass is 326 g/mol. The van der Waals surface area contributed by atoms with Crippen molar-refractivity contribution >= 4 is 17.0 Å². The molecule has 0 aliphatic heterocycles. The molecule has 1 atom stereocenters. The van der Waals surface area contributed by atoms with Crippen LogP contribution in [-0.2, 0) is 6.42 Å². The molecule has 0 aliphatic rings. The molecule has 1 unspecified atom stereocenters. The van der Waals surface area contributed by atoms with Crippen molar-refractivity contribution in [3.63, 3.8) is 0 Å². The largest absolute Gasteiger partial charge is 0.508 e. The molecule has 0 saturated heterocycles. The maximum atomic E-state index is 12.3. The van der Waals surface area contributed by atoms with Crippen LogP contribution in [0.3, 0.4) is 0 Å². The average Bonchev–Trinajstić information content (AvgIpc) is 2.93. The van der Waals surface area contributed by atoms with Crippen LogP contribution < -0.4 is 11.1 Å². The van der Waals surface area contributed by atoms with Crippen LogP contribution in [0.5, 0.6) is 5.75 Å².